The molecular weight excluding hydrogens is 422 g/mol. The Labute approximate surface area is 188 Å². The highest BCUT2D eigenvalue weighted by molar-refractivity contribution is 6.91. The van der Waals surface area contributed by atoms with Gasteiger partial charge in [0.15, 0.2) is 0 Å². The van der Waals surface area contributed by atoms with E-state index in [0.717, 1.165) is 17.0 Å². The lowest BCUT2D eigenvalue weighted by Gasteiger charge is -2.33. The van der Waals surface area contributed by atoms with Crippen LogP contribution in [0.25, 0.3) is 5.53 Å². The summed E-state index contributed by atoms with van der Waals surface area (Å²) in [6.07, 6.45) is 0.848. The van der Waals surface area contributed by atoms with Crippen LogP contribution in [-0.4, -0.2) is 54.4 Å². The van der Waals surface area contributed by atoms with Crippen LogP contribution < -0.4 is 5.19 Å². The first-order chi connectivity index (χ1) is 15.3. The van der Waals surface area contributed by atoms with Crippen LogP contribution in [0.4, 0.5) is 4.79 Å². The van der Waals surface area contributed by atoms with E-state index in [4.69, 9.17) is 10.3 Å². The molecule has 0 bridgehead atoms. The Kier molecular flexibility index (Phi) is 7.51. The van der Waals surface area contributed by atoms with E-state index in [1.54, 1.807) is 0 Å². The van der Waals surface area contributed by atoms with Crippen LogP contribution in [0.5, 0.6) is 0 Å². The number of cyclic esters (lactones) is 1. The number of hydrogen-bond donors (Lipinski definition) is 0. The Morgan fingerprint density at radius 3 is 2.38 bits per heavy atom. The van der Waals surface area contributed by atoms with Crippen molar-refractivity contribution < 1.29 is 23.9 Å². The molecule has 3 rings (SSSR count). The van der Waals surface area contributed by atoms with E-state index >= 15 is 0 Å². The topological polar surface area (TPSA) is 100 Å². The van der Waals surface area contributed by atoms with Gasteiger partial charge in [0.25, 0.3) is 0 Å². The van der Waals surface area contributed by atoms with Crippen LogP contribution >= 0.6 is 0 Å². The molecule has 0 aromatic heterocycles. The van der Waals surface area contributed by atoms with Gasteiger partial charge in [-0.3, -0.25) is 9.59 Å². The number of Topliss-reactive ketones (excluding diaryl/α,β-unsaturated/α-hetero) is 1. The van der Waals surface area contributed by atoms with Crippen molar-refractivity contribution in [1.29, 1.82) is 0 Å². The standard InChI is InChI=1S/C24H27N3O4Si/c1-32(2,21-11-7-4-8-12-21)22(14-20(28)16-26-25)15-23(29)27-19(17-31-24(27)30)13-18-9-5-3-6-10-18/h3-12,16,19,22H,13-15,17H2,1-2H3/t19-,22+/m0/s1. The highest BCUT2D eigenvalue weighted by Crippen LogP contribution is 2.31. The molecule has 0 aliphatic carbocycles. The summed E-state index contributed by atoms with van der Waals surface area (Å²) in [5.41, 5.74) is 9.49. The fourth-order valence-electron chi connectivity index (χ4n) is 4.16. The molecule has 2 amide bonds. The van der Waals surface area contributed by atoms with Gasteiger partial charge >= 0.3 is 12.3 Å². The zero-order valence-corrected chi connectivity index (χ0v) is 19.3. The molecule has 1 saturated heterocycles. The summed E-state index contributed by atoms with van der Waals surface area (Å²) in [6.45, 7) is 4.36. The number of benzene rings is 2. The van der Waals surface area contributed by atoms with Crippen molar-refractivity contribution in [3.63, 3.8) is 0 Å². The van der Waals surface area contributed by atoms with Crippen LogP contribution in [0, 0.1) is 0 Å². The van der Waals surface area contributed by atoms with Crippen molar-refractivity contribution in [2.24, 2.45) is 0 Å². The zero-order valence-electron chi connectivity index (χ0n) is 18.3. The van der Waals surface area contributed by atoms with E-state index in [1.165, 1.54) is 4.90 Å². The number of rotatable bonds is 9. The van der Waals surface area contributed by atoms with Crippen LogP contribution in [0.1, 0.15) is 18.4 Å². The summed E-state index contributed by atoms with van der Waals surface area (Å²) in [6, 6.07) is 19.1. The van der Waals surface area contributed by atoms with Gasteiger partial charge in [-0.05, 0) is 17.5 Å². The van der Waals surface area contributed by atoms with Crippen molar-refractivity contribution in [3.05, 3.63) is 71.8 Å². The Balaban J connectivity index is 1.83. The minimum absolute atomic E-state index is 0.0412. The number of carbonyl (C=O) groups excluding carboxylic acids is 3. The first kappa shape index (κ1) is 23.3. The van der Waals surface area contributed by atoms with Crippen LogP contribution in [0.15, 0.2) is 60.7 Å². The van der Waals surface area contributed by atoms with Crippen LogP contribution in [-0.2, 0) is 20.7 Å². The van der Waals surface area contributed by atoms with E-state index in [-0.39, 0.29) is 42.7 Å². The number of ether oxygens (including phenoxy) is 1. The van der Waals surface area contributed by atoms with Crippen molar-refractivity contribution in [3.8, 4) is 0 Å². The lowest BCUT2D eigenvalue weighted by Crippen LogP contribution is -2.49. The van der Waals surface area contributed by atoms with Gasteiger partial charge in [0.05, 0.1) is 14.1 Å². The summed E-state index contributed by atoms with van der Waals surface area (Å²) in [5, 5.41) is 1.11. The first-order valence-electron chi connectivity index (χ1n) is 10.6. The second-order valence-corrected chi connectivity index (χ2v) is 13.4. The number of hydrogen-bond acceptors (Lipinski definition) is 4. The molecule has 8 heteroatoms. The van der Waals surface area contributed by atoms with E-state index in [9.17, 15) is 14.4 Å². The number of amides is 2. The third-order valence-corrected chi connectivity index (χ3v) is 10.4. The fraction of sp³-hybridized carbons (Fsp3) is 0.333. The Bertz CT molecular complexity index is 1020. The van der Waals surface area contributed by atoms with Gasteiger partial charge in [-0.15, -0.1) is 0 Å². The van der Waals surface area contributed by atoms with Gasteiger partial charge in [-0.2, -0.15) is 4.79 Å². The van der Waals surface area contributed by atoms with Crippen LogP contribution in [0.2, 0.25) is 18.6 Å². The zero-order chi connectivity index (χ0) is 23.1. The molecule has 2 atom stereocenters. The largest absolute Gasteiger partial charge is 0.447 e. The molecule has 0 saturated carbocycles. The van der Waals surface area contributed by atoms with Crippen LogP contribution in [0.3, 0.4) is 0 Å². The first-order valence-corrected chi connectivity index (χ1v) is 13.7. The second kappa shape index (κ2) is 10.3. The smallest absolute Gasteiger partial charge is 0.416 e. The molecule has 7 nitrogen and oxygen atoms in total. The monoisotopic (exact) mass is 449 g/mol. The maximum Gasteiger partial charge on any atom is 0.416 e. The average Bonchev–Trinajstić information content (AvgIpc) is 3.14. The predicted octanol–water partition coefficient (Wildman–Crippen LogP) is 3.21. The Morgan fingerprint density at radius 1 is 1.12 bits per heavy atom. The number of ketones is 1. The van der Waals surface area contributed by atoms with Crippen molar-refractivity contribution in [1.82, 2.24) is 4.90 Å². The second-order valence-electron chi connectivity index (χ2n) is 8.59. The molecular formula is C24H27N3O4Si. The molecule has 1 heterocycles. The molecule has 32 heavy (non-hydrogen) atoms. The summed E-state index contributed by atoms with van der Waals surface area (Å²) in [7, 11) is -2.30. The number of imide groups is 1. The molecule has 0 N–H and O–H groups in total. The predicted molar refractivity (Wildman–Crippen MR) is 123 cm³/mol. The van der Waals surface area contributed by atoms with Gasteiger partial charge in [0.2, 0.25) is 11.7 Å². The summed E-state index contributed by atoms with van der Waals surface area (Å²) >= 11 is 0. The Morgan fingerprint density at radius 2 is 1.75 bits per heavy atom. The van der Waals surface area contributed by atoms with Crippen molar-refractivity contribution >= 4 is 37.3 Å². The third-order valence-electron chi connectivity index (χ3n) is 6.15. The summed E-state index contributed by atoms with van der Waals surface area (Å²) < 4.78 is 5.20. The minimum atomic E-state index is -2.30. The van der Waals surface area contributed by atoms with Crippen molar-refractivity contribution in [2.75, 3.05) is 6.61 Å². The van der Waals surface area contributed by atoms with E-state index < -0.39 is 14.2 Å². The maximum atomic E-state index is 13.3. The van der Waals surface area contributed by atoms with E-state index in [0.29, 0.717) is 6.42 Å². The molecule has 2 aromatic rings. The van der Waals surface area contributed by atoms with E-state index in [1.807, 2.05) is 60.7 Å². The van der Waals surface area contributed by atoms with Crippen molar-refractivity contribution in [2.45, 2.75) is 43.9 Å². The highest BCUT2D eigenvalue weighted by Gasteiger charge is 2.42. The fourth-order valence-corrected chi connectivity index (χ4v) is 7.08. The van der Waals surface area contributed by atoms with Gasteiger partial charge in [0, 0.05) is 12.8 Å². The molecule has 1 fully saturated rings. The van der Waals surface area contributed by atoms with E-state index in [2.05, 4.69) is 17.9 Å². The lowest BCUT2D eigenvalue weighted by atomic mass is 10.1. The molecule has 166 valence electrons. The highest BCUT2D eigenvalue weighted by atomic mass is 28.3. The maximum absolute atomic E-state index is 13.3. The number of carbonyl (C=O) groups is 3. The normalized spacial score (nSPS) is 16.8. The molecule has 0 radical (unpaired) electrons. The van der Waals surface area contributed by atoms with Gasteiger partial charge in [0.1, 0.15) is 6.61 Å². The lowest BCUT2D eigenvalue weighted by molar-refractivity contribution is -0.129. The summed E-state index contributed by atoms with van der Waals surface area (Å²) in [5.74, 6) is -0.699. The van der Waals surface area contributed by atoms with Gasteiger partial charge in [-0.25, -0.2) is 9.69 Å². The quantitative estimate of drug-likeness (QED) is 0.254. The average molecular weight is 450 g/mol. The molecule has 1 aliphatic heterocycles. The van der Waals surface area contributed by atoms with Gasteiger partial charge in [-0.1, -0.05) is 78.9 Å². The molecule has 2 aromatic carbocycles. The summed E-state index contributed by atoms with van der Waals surface area (Å²) in [4.78, 5) is 42.1. The van der Waals surface area contributed by atoms with Gasteiger partial charge < -0.3 is 10.3 Å². The Hall–Kier alpha value is -3.35. The molecule has 0 unspecified atom stereocenters. The molecule has 0 spiro atoms. The minimum Gasteiger partial charge on any atom is -0.447 e. The number of nitrogens with zero attached hydrogens (tertiary/aromatic N) is 3. The SMILES string of the molecule is C[Si](C)(c1ccccc1)[C@H](CC(=O)C=[N+]=[N-])CC(=O)N1C(=O)OC[C@@H]1Cc1ccccc1. The third kappa shape index (κ3) is 5.46. The molecule has 1 aliphatic rings.